The van der Waals surface area contributed by atoms with Gasteiger partial charge >= 0.3 is 0 Å². The van der Waals surface area contributed by atoms with Crippen molar-refractivity contribution in [2.24, 2.45) is 33.7 Å². The van der Waals surface area contributed by atoms with E-state index in [1.807, 2.05) is 32.3 Å². The maximum absolute atomic E-state index is 11.8. The number of hydrogen-bond donors (Lipinski definition) is 4. The molecule has 0 aromatic heterocycles. The highest BCUT2D eigenvalue weighted by Crippen LogP contribution is 2.38. The van der Waals surface area contributed by atoms with Gasteiger partial charge in [-0.2, -0.15) is 0 Å². The quantitative estimate of drug-likeness (QED) is 0.566. The van der Waals surface area contributed by atoms with Crippen LogP contribution in [-0.4, -0.2) is 30.0 Å². The molecule has 6 N–H and O–H groups in total. The van der Waals surface area contributed by atoms with Gasteiger partial charge in [-0.25, -0.2) is 4.99 Å². The summed E-state index contributed by atoms with van der Waals surface area (Å²) in [6, 6.07) is 0. The second-order valence-electron chi connectivity index (χ2n) is 8.92. The fraction of sp³-hybridized carbons (Fsp3) is 0.591. The van der Waals surface area contributed by atoms with Crippen molar-refractivity contribution >= 4 is 17.5 Å². The topological polar surface area (TPSA) is 107 Å². The van der Waals surface area contributed by atoms with Crippen molar-refractivity contribution in [2.45, 2.75) is 58.4 Å². The van der Waals surface area contributed by atoms with Crippen LogP contribution in [0.5, 0.6) is 0 Å². The molecule has 4 aliphatic rings. The van der Waals surface area contributed by atoms with Crippen molar-refractivity contribution in [3.8, 4) is 0 Å². The van der Waals surface area contributed by atoms with Gasteiger partial charge < -0.3 is 16.8 Å². The van der Waals surface area contributed by atoms with E-state index < -0.39 is 5.41 Å². The Balaban J connectivity index is 1.87. The van der Waals surface area contributed by atoms with E-state index in [2.05, 4.69) is 30.2 Å². The first-order valence-electron chi connectivity index (χ1n) is 10.2. The minimum absolute atomic E-state index is 0.278. The van der Waals surface area contributed by atoms with Crippen molar-refractivity contribution < 1.29 is 9.79 Å². The molecule has 2 atom stereocenters. The molecule has 1 fully saturated rings. The lowest BCUT2D eigenvalue weighted by Crippen LogP contribution is -2.69. The zero-order chi connectivity index (χ0) is 20.5. The number of nitrogens with two attached hydrogens (primary N) is 2. The molecule has 0 saturated heterocycles. The van der Waals surface area contributed by atoms with Gasteiger partial charge in [0.1, 0.15) is 12.9 Å². The Hall–Kier alpha value is -2.37. The lowest BCUT2D eigenvalue weighted by Gasteiger charge is -2.34. The van der Waals surface area contributed by atoms with Gasteiger partial charge in [0.25, 0.3) is 0 Å². The number of carbonyl (C=O) groups is 1. The van der Waals surface area contributed by atoms with Gasteiger partial charge in [0.2, 0.25) is 5.91 Å². The van der Waals surface area contributed by atoms with Crippen LogP contribution in [0.15, 0.2) is 40.7 Å². The lowest BCUT2D eigenvalue weighted by atomic mass is 9.74. The van der Waals surface area contributed by atoms with Crippen LogP contribution in [-0.2, 0) is 4.79 Å². The molecule has 0 radical (unpaired) electrons. The van der Waals surface area contributed by atoms with Crippen LogP contribution in [0.25, 0.3) is 0 Å². The number of fused-ring (bicyclic) bond motifs is 2. The van der Waals surface area contributed by atoms with Crippen LogP contribution in [0.4, 0.5) is 0 Å². The number of rotatable bonds is 5. The molecular weight excluding hydrogens is 350 g/mol. The molecule has 6 heteroatoms. The standard InChI is InChI=1S/C22H33N5O/c1-5-22(3,27-19-15-10-14(11-15)7-9-26-19)12-17(23)16-6-8-21(2,20(24)28)13-18(16)25-4/h6-9,14-15H,5,10-13,23H2,1-4H3,(H2,24,28)(H,26,27)/p+1. The molecule has 2 aliphatic carbocycles. The first-order valence-corrected chi connectivity index (χ1v) is 10.2. The van der Waals surface area contributed by atoms with Gasteiger partial charge in [0.05, 0.1) is 22.9 Å². The summed E-state index contributed by atoms with van der Waals surface area (Å²) in [4.78, 5) is 20.2. The van der Waals surface area contributed by atoms with Crippen LogP contribution in [0.3, 0.4) is 0 Å². The average Bonchev–Trinajstić information content (AvgIpc) is 2.93. The Labute approximate surface area is 167 Å². The van der Waals surface area contributed by atoms with Crippen molar-refractivity contribution in [3.63, 3.8) is 0 Å². The molecule has 28 heavy (non-hydrogen) atoms. The Bertz CT molecular complexity index is 800. The molecule has 2 unspecified atom stereocenters. The van der Waals surface area contributed by atoms with E-state index in [0.717, 1.165) is 29.2 Å². The van der Waals surface area contributed by atoms with Gasteiger partial charge in [0.15, 0.2) is 5.71 Å². The largest absolute Gasteiger partial charge is 0.401 e. The number of amides is 1. The summed E-state index contributed by atoms with van der Waals surface area (Å²) in [6.07, 6.45) is 12.5. The van der Waals surface area contributed by atoms with Crippen molar-refractivity contribution in [1.29, 1.82) is 0 Å². The second-order valence-corrected chi connectivity index (χ2v) is 8.92. The number of nitrogens with zero attached hydrogens (tertiary/aromatic N) is 1. The van der Waals surface area contributed by atoms with Gasteiger partial charge in [-0.05, 0) is 51.3 Å². The Kier molecular flexibility index (Phi) is 5.50. The molecule has 1 amide bonds. The van der Waals surface area contributed by atoms with Gasteiger partial charge in [-0.15, -0.1) is 0 Å². The molecule has 152 valence electrons. The average molecular weight is 385 g/mol. The second kappa shape index (κ2) is 7.57. The number of primary amides is 1. The number of allylic oxidation sites excluding steroid dienone is 3. The summed E-state index contributed by atoms with van der Waals surface area (Å²) >= 11 is 0. The van der Waals surface area contributed by atoms with Gasteiger partial charge in [-0.1, -0.05) is 19.1 Å². The zero-order valence-electron chi connectivity index (χ0n) is 17.5. The molecule has 1 saturated carbocycles. The normalized spacial score (nSPS) is 35.7. The summed E-state index contributed by atoms with van der Waals surface area (Å²) in [6.45, 7) is 6.18. The van der Waals surface area contributed by atoms with Crippen LogP contribution in [0.2, 0.25) is 0 Å². The van der Waals surface area contributed by atoms with Crippen LogP contribution < -0.4 is 21.8 Å². The Morgan fingerprint density at radius 1 is 1.43 bits per heavy atom. The van der Waals surface area contributed by atoms with Gasteiger partial charge in [0, 0.05) is 18.0 Å². The molecule has 2 heterocycles. The molecule has 0 aromatic carbocycles. The first kappa shape index (κ1) is 20.4. The third kappa shape index (κ3) is 3.91. The van der Waals surface area contributed by atoms with Crippen LogP contribution in [0, 0.1) is 17.3 Å². The third-order valence-corrected chi connectivity index (χ3v) is 6.58. The summed E-state index contributed by atoms with van der Waals surface area (Å²) < 4.78 is 0. The molecular formula is C22H34N5O+. The number of hydrogen-bond acceptors (Lipinski definition) is 3. The predicted octanol–water partition coefficient (Wildman–Crippen LogP) is 0.903. The van der Waals surface area contributed by atoms with E-state index in [4.69, 9.17) is 16.5 Å². The van der Waals surface area contributed by atoms with E-state index in [1.165, 1.54) is 12.8 Å². The fourth-order valence-electron chi connectivity index (χ4n) is 4.18. The molecule has 0 aromatic rings. The smallest absolute Gasteiger partial charge is 0.227 e. The van der Waals surface area contributed by atoms with E-state index in [9.17, 15) is 4.79 Å². The van der Waals surface area contributed by atoms with Crippen molar-refractivity contribution in [2.75, 3.05) is 7.05 Å². The van der Waals surface area contributed by atoms with E-state index in [-0.39, 0.29) is 11.4 Å². The minimum atomic E-state index is -0.687. The van der Waals surface area contributed by atoms with Crippen molar-refractivity contribution in [3.05, 3.63) is 35.7 Å². The highest BCUT2D eigenvalue weighted by molar-refractivity contribution is 6.04. The number of amidine groups is 1. The summed E-state index contributed by atoms with van der Waals surface area (Å²) in [5.74, 6) is 1.99. The minimum Gasteiger partial charge on any atom is -0.401 e. The summed E-state index contributed by atoms with van der Waals surface area (Å²) in [5.41, 5.74) is 13.9. The molecule has 2 aliphatic heterocycles. The SMILES string of the molecule is CCC(C)(CC(N)=C1C=CC(C)(C(N)=O)CC1=[NH+]C)N=C1NC=CC2CC1C2. The first-order chi connectivity index (χ1) is 13.2. The maximum Gasteiger partial charge on any atom is 0.227 e. The van der Waals surface area contributed by atoms with E-state index in [1.54, 1.807) is 0 Å². The number of carbonyl (C=O) groups excluding carboxylic acids is 1. The van der Waals surface area contributed by atoms with E-state index >= 15 is 0 Å². The molecule has 0 spiro atoms. The fourth-order valence-corrected chi connectivity index (χ4v) is 4.18. The number of aliphatic imine (C=N–C) groups is 1. The monoisotopic (exact) mass is 384 g/mol. The van der Waals surface area contributed by atoms with Crippen LogP contribution in [0.1, 0.15) is 52.9 Å². The Morgan fingerprint density at radius 2 is 2.14 bits per heavy atom. The van der Waals surface area contributed by atoms with Gasteiger partial charge in [-0.3, -0.25) is 9.79 Å². The predicted molar refractivity (Wildman–Crippen MR) is 113 cm³/mol. The third-order valence-electron chi connectivity index (χ3n) is 6.58. The highest BCUT2D eigenvalue weighted by Gasteiger charge is 2.38. The maximum atomic E-state index is 11.8. The zero-order valence-corrected chi connectivity index (χ0v) is 17.5. The highest BCUT2D eigenvalue weighted by atomic mass is 16.1. The summed E-state index contributed by atoms with van der Waals surface area (Å²) in [5, 5.41) is 3.39. The van der Waals surface area contributed by atoms with Crippen LogP contribution >= 0.6 is 0 Å². The number of nitrogens with one attached hydrogen (secondary N) is 2. The molecule has 6 nitrogen and oxygen atoms in total. The van der Waals surface area contributed by atoms with Crippen molar-refractivity contribution in [1.82, 2.24) is 5.32 Å². The molecule has 4 rings (SSSR count). The molecule has 2 bridgehead atoms. The Morgan fingerprint density at radius 3 is 2.75 bits per heavy atom. The summed E-state index contributed by atoms with van der Waals surface area (Å²) in [7, 11) is 1.86. The lowest BCUT2D eigenvalue weighted by molar-refractivity contribution is -0.421. The van der Waals surface area contributed by atoms with E-state index in [0.29, 0.717) is 24.7 Å².